The highest BCUT2D eigenvalue weighted by atomic mass is 15.1. The van der Waals surface area contributed by atoms with Gasteiger partial charge in [-0.1, -0.05) is 31.2 Å². The second-order valence-electron chi connectivity index (χ2n) is 4.31. The van der Waals surface area contributed by atoms with Crippen molar-refractivity contribution in [3.63, 3.8) is 0 Å². The van der Waals surface area contributed by atoms with Crippen molar-refractivity contribution in [3.05, 3.63) is 35.4 Å². The first-order valence-electron chi connectivity index (χ1n) is 5.81. The minimum absolute atomic E-state index is 0.514. The number of nitrogens with zero attached hydrogens (tertiary/aromatic N) is 1. The van der Waals surface area contributed by atoms with Gasteiger partial charge in [0.2, 0.25) is 0 Å². The van der Waals surface area contributed by atoms with E-state index in [9.17, 15) is 0 Å². The Morgan fingerprint density at radius 1 is 1.40 bits per heavy atom. The number of fused-ring (bicyclic) bond motifs is 1. The summed E-state index contributed by atoms with van der Waals surface area (Å²) in [5.74, 6) is 0. The second-order valence-corrected chi connectivity index (χ2v) is 4.31. The molecule has 2 heteroatoms. The SMILES string of the molecule is CCN(C)CC1NCCc2ccccc21. The molecule has 0 bridgehead atoms. The van der Waals surface area contributed by atoms with Crippen LogP contribution in [-0.2, 0) is 6.42 Å². The van der Waals surface area contributed by atoms with E-state index >= 15 is 0 Å². The molecular weight excluding hydrogens is 184 g/mol. The second kappa shape index (κ2) is 4.77. The van der Waals surface area contributed by atoms with Crippen LogP contribution in [0.1, 0.15) is 24.1 Å². The monoisotopic (exact) mass is 204 g/mol. The summed E-state index contributed by atoms with van der Waals surface area (Å²) in [6.07, 6.45) is 1.17. The van der Waals surface area contributed by atoms with E-state index in [4.69, 9.17) is 0 Å². The van der Waals surface area contributed by atoms with Crippen LogP contribution in [0, 0.1) is 0 Å². The molecule has 1 unspecified atom stereocenters. The molecule has 2 nitrogen and oxygen atoms in total. The van der Waals surface area contributed by atoms with E-state index in [1.807, 2.05) is 0 Å². The number of hydrogen-bond donors (Lipinski definition) is 1. The molecule has 82 valence electrons. The molecule has 1 aromatic carbocycles. The van der Waals surface area contributed by atoms with E-state index in [1.165, 1.54) is 17.5 Å². The Bertz CT molecular complexity index is 322. The van der Waals surface area contributed by atoms with Gasteiger partial charge in [0, 0.05) is 12.6 Å². The van der Waals surface area contributed by atoms with Gasteiger partial charge in [-0.3, -0.25) is 0 Å². The van der Waals surface area contributed by atoms with Crippen molar-refractivity contribution in [2.24, 2.45) is 0 Å². The van der Waals surface area contributed by atoms with Crippen molar-refractivity contribution >= 4 is 0 Å². The molecule has 0 saturated carbocycles. The average molecular weight is 204 g/mol. The maximum absolute atomic E-state index is 3.60. The van der Waals surface area contributed by atoms with E-state index in [2.05, 4.69) is 48.5 Å². The Morgan fingerprint density at radius 3 is 3.00 bits per heavy atom. The summed E-state index contributed by atoms with van der Waals surface area (Å²) < 4.78 is 0. The van der Waals surface area contributed by atoms with Gasteiger partial charge in [0.1, 0.15) is 0 Å². The zero-order chi connectivity index (χ0) is 10.7. The Kier molecular flexibility index (Phi) is 3.39. The van der Waals surface area contributed by atoms with Gasteiger partial charge < -0.3 is 10.2 Å². The van der Waals surface area contributed by atoms with Crippen LogP contribution in [0.25, 0.3) is 0 Å². The zero-order valence-electron chi connectivity index (χ0n) is 9.66. The number of benzene rings is 1. The predicted molar refractivity (Wildman–Crippen MR) is 64.1 cm³/mol. The molecule has 1 aliphatic rings. The fraction of sp³-hybridized carbons (Fsp3) is 0.538. The van der Waals surface area contributed by atoms with Gasteiger partial charge in [0.15, 0.2) is 0 Å². The molecule has 0 saturated heterocycles. The fourth-order valence-electron chi connectivity index (χ4n) is 2.20. The van der Waals surface area contributed by atoms with E-state index in [0.717, 1.165) is 19.6 Å². The van der Waals surface area contributed by atoms with Crippen molar-refractivity contribution in [2.75, 3.05) is 26.7 Å². The first-order chi connectivity index (χ1) is 7.31. The molecule has 1 heterocycles. The Balaban J connectivity index is 2.15. The largest absolute Gasteiger partial charge is 0.309 e. The van der Waals surface area contributed by atoms with Crippen LogP contribution in [0.3, 0.4) is 0 Å². The van der Waals surface area contributed by atoms with E-state index in [1.54, 1.807) is 0 Å². The van der Waals surface area contributed by atoms with Crippen LogP contribution < -0.4 is 5.32 Å². The smallest absolute Gasteiger partial charge is 0.0452 e. The Labute approximate surface area is 92.3 Å². The molecule has 1 aliphatic heterocycles. The third kappa shape index (κ3) is 2.39. The van der Waals surface area contributed by atoms with Crippen LogP contribution in [0.2, 0.25) is 0 Å². The molecule has 0 aromatic heterocycles. The first kappa shape index (κ1) is 10.7. The van der Waals surface area contributed by atoms with Crippen molar-refractivity contribution < 1.29 is 0 Å². The Morgan fingerprint density at radius 2 is 2.20 bits per heavy atom. The van der Waals surface area contributed by atoms with Crippen LogP contribution in [0.4, 0.5) is 0 Å². The van der Waals surface area contributed by atoms with Gasteiger partial charge in [-0.25, -0.2) is 0 Å². The summed E-state index contributed by atoms with van der Waals surface area (Å²) in [5, 5.41) is 3.60. The molecule has 15 heavy (non-hydrogen) atoms. The fourth-order valence-corrected chi connectivity index (χ4v) is 2.20. The topological polar surface area (TPSA) is 15.3 Å². The summed E-state index contributed by atoms with van der Waals surface area (Å²) in [6, 6.07) is 9.32. The molecular formula is C13H20N2. The lowest BCUT2D eigenvalue weighted by Gasteiger charge is -2.30. The third-order valence-corrected chi connectivity index (χ3v) is 3.25. The van der Waals surface area contributed by atoms with Crippen molar-refractivity contribution in [3.8, 4) is 0 Å². The van der Waals surface area contributed by atoms with Crippen LogP contribution in [0.5, 0.6) is 0 Å². The summed E-state index contributed by atoms with van der Waals surface area (Å²) in [4.78, 5) is 2.36. The summed E-state index contributed by atoms with van der Waals surface area (Å²) in [7, 11) is 2.18. The van der Waals surface area contributed by atoms with Gasteiger partial charge >= 0.3 is 0 Å². The summed E-state index contributed by atoms with van der Waals surface area (Å²) in [5.41, 5.74) is 3.01. The van der Waals surface area contributed by atoms with Gasteiger partial charge in [-0.05, 0) is 37.7 Å². The average Bonchev–Trinajstić information content (AvgIpc) is 2.29. The van der Waals surface area contributed by atoms with E-state index in [0.29, 0.717) is 6.04 Å². The predicted octanol–water partition coefficient (Wildman–Crippen LogP) is 1.83. The number of hydrogen-bond acceptors (Lipinski definition) is 2. The standard InChI is InChI=1S/C13H20N2/c1-3-15(2)10-13-12-7-5-4-6-11(12)8-9-14-13/h4-7,13-14H,3,8-10H2,1-2H3. The minimum Gasteiger partial charge on any atom is -0.309 e. The van der Waals surface area contributed by atoms with Crippen molar-refractivity contribution in [2.45, 2.75) is 19.4 Å². The number of likely N-dealkylation sites (N-methyl/N-ethyl adjacent to an activating group) is 1. The molecule has 0 radical (unpaired) electrons. The molecule has 1 atom stereocenters. The van der Waals surface area contributed by atoms with Crippen LogP contribution in [-0.4, -0.2) is 31.6 Å². The summed E-state index contributed by atoms with van der Waals surface area (Å²) >= 11 is 0. The Hall–Kier alpha value is -0.860. The number of rotatable bonds is 3. The quantitative estimate of drug-likeness (QED) is 0.808. The van der Waals surface area contributed by atoms with Gasteiger partial charge in [-0.15, -0.1) is 0 Å². The molecule has 1 N–H and O–H groups in total. The lowest BCUT2D eigenvalue weighted by Crippen LogP contribution is -2.37. The first-order valence-corrected chi connectivity index (χ1v) is 5.81. The number of nitrogens with one attached hydrogen (secondary N) is 1. The summed E-state index contributed by atoms with van der Waals surface area (Å²) in [6.45, 7) is 5.53. The molecule has 0 aliphatic carbocycles. The van der Waals surface area contributed by atoms with Crippen LogP contribution in [0.15, 0.2) is 24.3 Å². The molecule has 1 aromatic rings. The lowest BCUT2D eigenvalue weighted by atomic mass is 9.94. The van der Waals surface area contributed by atoms with E-state index in [-0.39, 0.29) is 0 Å². The molecule has 2 rings (SSSR count). The highest BCUT2D eigenvalue weighted by Crippen LogP contribution is 2.22. The third-order valence-electron chi connectivity index (χ3n) is 3.25. The normalized spacial score (nSPS) is 20.3. The minimum atomic E-state index is 0.514. The van der Waals surface area contributed by atoms with Crippen molar-refractivity contribution in [1.29, 1.82) is 0 Å². The lowest BCUT2D eigenvalue weighted by molar-refractivity contribution is 0.298. The van der Waals surface area contributed by atoms with Gasteiger partial charge in [0.05, 0.1) is 0 Å². The highest BCUT2D eigenvalue weighted by Gasteiger charge is 2.19. The molecule has 0 amide bonds. The van der Waals surface area contributed by atoms with Gasteiger partial charge in [0.25, 0.3) is 0 Å². The van der Waals surface area contributed by atoms with Crippen molar-refractivity contribution in [1.82, 2.24) is 10.2 Å². The van der Waals surface area contributed by atoms with Crippen LogP contribution >= 0.6 is 0 Å². The maximum atomic E-state index is 3.60. The van der Waals surface area contributed by atoms with E-state index < -0.39 is 0 Å². The zero-order valence-corrected chi connectivity index (χ0v) is 9.66. The highest BCUT2D eigenvalue weighted by molar-refractivity contribution is 5.32. The maximum Gasteiger partial charge on any atom is 0.0452 e. The van der Waals surface area contributed by atoms with Gasteiger partial charge in [-0.2, -0.15) is 0 Å². The molecule has 0 fully saturated rings. The molecule has 0 spiro atoms.